The van der Waals surface area contributed by atoms with Crippen LogP contribution in [0.3, 0.4) is 0 Å². The number of nitrogens with one attached hydrogen (secondary N) is 1. The molecule has 1 atom stereocenters. The van der Waals surface area contributed by atoms with Crippen LogP contribution in [0.5, 0.6) is 0 Å². The molecule has 0 spiro atoms. The Morgan fingerprint density at radius 2 is 1.35 bits per heavy atom. The molecule has 1 fully saturated rings. The molecule has 1 aliphatic heterocycles. The lowest BCUT2D eigenvalue weighted by atomic mass is 9.78. The Bertz CT molecular complexity index is 1430. The van der Waals surface area contributed by atoms with E-state index in [1.54, 1.807) is 0 Å². The van der Waals surface area contributed by atoms with Crippen molar-refractivity contribution in [1.82, 2.24) is 5.32 Å². The number of hydrogen-bond acceptors (Lipinski definition) is 4. The molecule has 2 N–H and O–H groups in total. The summed E-state index contributed by atoms with van der Waals surface area (Å²) in [5.74, 6) is -1.50. The van der Waals surface area contributed by atoms with Gasteiger partial charge in [0.1, 0.15) is 6.04 Å². The Morgan fingerprint density at radius 3 is 1.86 bits per heavy atom. The van der Waals surface area contributed by atoms with Crippen molar-refractivity contribution in [3.8, 4) is 0 Å². The second-order valence-corrected chi connectivity index (χ2v) is 10.6. The lowest BCUT2D eigenvalue weighted by Gasteiger charge is -2.32. The highest BCUT2D eigenvalue weighted by atomic mass is 16.7. The molecule has 0 saturated carbocycles. The van der Waals surface area contributed by atoms with Crippen molar-refractivity contribution in [2.45, 2.75) is 51.4 Å². The first-order valence-electron chi connectivity index (χ1n) is 12.4. The molecule has 188 valence electrons. The normalized spacial score (nSPS) is 17.1. The summed E-state index contributed by atoms with van der Waals surface area (Å²) >= 11 is 0. The molecule has 37 heavy (non-hydrogen) atoms. The van der Waals surface area contributed by atoms with E-state index in [1.165, 1.54) is 0 Å². The van der Waals surface area contributed by atoms with E-state index in [0.717, 1.165) is 32.6 Å². The Morgan fingerprint density at radius 1 is 0.838 bits per heavy atom. The van der Waals surface area contributed by atoms with Gasteiger partial charge in [0.2, 0.25) is 0 Å². The Kier molecular flexibility index (Phi) is 6.30. The van der Waals surface area contributed by atoms with Crippen LogP contribution in [0.1, 0.15) is 43.6 Å². The number of aliphatic carboxylic acids is 1. The second kappa shape index (κ2) is 9.32. The van der Waals surface area contributed by atoms with Gasteiger partial charge in [-0.2, -0.15) is 0 Å². The number of carbonyl (C=O) groups excluding carboxylic acids is 1. The topological polar surface area (TPSA) is 84.9 Å². The average molecular weight is 495 g/mol. The quantitative estimate of drug-likeness (QED) is 0.299. The predicted molar refractivity (Wildman–Crippen MR) is 146 cm³/mol. The van der Waals surface area contributed by atoms with E-state index in [-0.39, 0.29) is 6.42 Å². The van der Waals surface area contributed by atoms with E-state index in [0.29, 0.717) is 5.56 Å². The summed E-state index contributed by atoms with van der Waals surface area (Å²) in [6.45, 7) is 8.00. The summed E-state index contributed by atoms with van der Waals surface area (Å²) in [5, 5.41) is 16.1. The van der Waals surface area contributed by atoms with E-state index in [2.05, 4.69) is 5.32 Å². The van der Waals surface area contributed by atoms with Crippen LogP contribution in [-0.4, -0.2) is 41.3 Å². The van der Waals surface area contributed by atoms with Crippen LogP contribution in [0.15, 0.2) is 78.9 Å². The molecule has 1 heterocycles. The van der Waals surface area contributed by atoms with E-state index < -0.39 is 36.2 Å². The largest absolute Gasteiger partial charge is 0.494 e. The third-order valence-corrected chi connectivity index (χ3v) is 7.55. The molecule has 1 saturated heterocycles. The second-order valence-electron chi connectivity index (χ2n) is 10.6. The molecule has 1 aliphatic rings. The molecule has 0 bridgehead atoms. The number of carboxylic acid groups (broad SMARTS) is 1. The zero-order chi connectivity index (χ0) is 26.4. The third-order valence-electron chi connectivity index (χ3n) is 7.55. The van der Waals surface area contributed by atoms with E-state index in [1.807, 2.05) is 107 Å². The third kappa shape index (κ3) is 4.72. The molecular formula is C30H30BNO5. The summed E-state index contributed by atoms with van der Waals surface area (Å²) < 4.78 is 12.2. The Labute approximate surface area is 216 Å². The smallest absolute Gasteiger partial charge is 0.480 e. The van der Waals surface area contributed by atoms with Crippen LogP contribution >= 0.6 is 0 Å². The van der Waals surface area contributed by atoms with Gasteiger partial charge in [0.15, 0.2) is 0 Å². The maximum atomic E-state index is 13.5. The van der Waals surface area contributed by atoms with Crippen molar-refractivity contribution >= 4 is 46.0 Å². The number of amides is 1. The summed E-state index contributed by atoms with van der Waals surface area (Å²) in [4.78, 5) is 25.7. The standard InChI is InChI=1S/C30H30BNO5/c1-29(2)30(3,4)37-31(36-29)22-15-13-19(14-16-22)17-25(28(34)35)32-27(33)26-23-11-7-5-9-20(23)18-21-10-6-8-12-24(21)26/h5-16,18,25H,17H2,1-4H3,(H,32,33)(H,34,35)/t25-/m0/s1. The maximum Gasteiger partial charge on any atom is 0.494 e. The van der Waals surface area contributed by atoms with Crippen LogP contribution in [0.2, 0.25) is 0 Å². The molecule has 6 nitrogen and oxygen atoms in total. The van der Waals surface area contributed by atoms with Crippen molar-refractivity contribution in [2.75, 3.05) is 0 Å². The van der Waals surface area contributed by atoms with Gasteiger partial charge >= 0.3 is 13.1 Å². The number of hydrogen-bond donors (Lipinski definition) is 2. The molecule has 0 radical (unpaired) electrons. The van der Waals surface area contributed by atoms with Crippen molar-refractivity contribution in [2.24, 2.45) is 0 Å². The highest BCUT2D eigenvalue weighted by Crippen LogP contribution is 2.36. The van der Waals surface area contributed by atoms with Gasteiger partial charge in [0.25, 0.3) is 5.91 Å². The Balaban J connectivity index is 1.38. The summed E-state index contributed by atoms with van der Waals surface area (Å²) in [5.41, 5.74) is 1.24. The first kappa shape index (κ1) is 25.0. The summed E-state index contributed by atoms with van der Waals surface area (Å²) in [6.07, 6.45) is 0.146. The van der Waals surface area contributed by atoms with Crippen LogP contribution in [0.4, 0.5) is 0 Å². The lowest BCUT2D eigenvalue weighted by molar-refractivity contribution is -0.139. The first-order valence-corrected chi connectivity index (χ1v) is 12.4. The van der Waals surface area contributed by atoms with Gasteiger partial charge in [-0.05, 0) is 66.3 Å². The number of carboxylic acids is 1. The maximum absolute atomic E-state index is 13.5. The molecular weight excluding hydrogens is 465 g/mol. The fraction of sp³-hybridized carbons (Fsp3) is 0.267. The van der Waals surface area contributed by atoms with Crippen LogP contribution in [-0.2, 0) is 20.5 Å². The number of carbonyl (C=O) groups is 2. The molecule has 5 rings (SSSR count). The van der Waals surface area contributed by atoms with Crippen molar-refractivity contribution < 1.29 is 24.0 Å². The molecule has 0 unspecified atom stereocenters. The molecule has 0 aliphatic carbocycles. The van der Waals surface area contributed by atoms with Gasteiger partial charge < -0.3 is 19.7 Å². The van der Waals surface area contributed by atoms with Crippen LogP contribution in [0, 0.1) is 0 Å². The molecule has 0 aromatic heterocycles. The van der Waals surface area contributed by atoms with E-state index in [4.69, 9.17) is 9.31 Å². The average Bonchev–Trinajstić information content (AvgIpc) is 3.08. The van der Waals surface area contributed by atoms with Gasteiger partial charge in [0.05, 0.1) is 16.8 Å². The van der Waals surface area contributed by atoms with Crippen molar-refractivity contribution in [3.05, 3.63) is 90.0 Å². The predicted octanol–water partition coefficient (Wildman–Crippen LogP) is 4.72. The molecule has 4 aromatic rings. The highest BCUT2D eigenvalue weighted by molar-refractivity contribution is 6.62. The SMILES string of the molecule is CC1(C)OB(c2ccc(C[C@H](NC(=O)c3c4ccccc4cc4ccccc34)C(=O)O)cc2)OC1(C)C. The van der Waals surface area contributed by atoms with Crippen LogP contribution in [0.25, 0.3) is 21.5 Å². The van der Waals surface area contributed by atoms with Crippen molar-refractivity contribution in [1.29, 1.82) is 0 Å². The molecule has 1 amide bonds. The molecule has 4 aromatic carbocycles. The van der Waals surface area contributed by atoms with Gasteiger partial charge in [-0.25, -0.2) is 4.79 Å². The van der Waals surface area contributed by atoms with E-state index in [9.17, 15) is 14.7 Å². The fourth-order valence-electron chi connectivity index (χ4n) is 4.71. The van der Waals surface area contributed by atoms with Gasteiger partial charge in [-0.15, -0.1) is 0 Å². The summed E-state index contributed by atoms with van der Waals surface area (Å²) in [6, 6.07) is 23.7. The minimum absolute atomic E-state index is 0.146. The number of rotatable bonds is 6. The van der Waals surface area contributed by atoms with Crippen molar-refractivity contribution in [3.63, 3.8) is 0 Å². The summed E-state index contributed by atoms with van der Waals surface area (Å²) in [7, 11) is -0.492. The first-order chi connectivity index (χ1) is 17.6. The van der Waals surface area contributed by atoms with Gasteiger partial charge in [-0.3, -0.25) is 4.79 Å². The van der Waals surface area contributed by atoms with Gasteiger partial charge in [0, 0.05) is 6.42 Å². The van der Waals surface area contributed by atoms with E-state index >= 15 is 0 Å². The number of benzene rings is 4. The van der Waals surface area contributed by atoms with Crippen LogP contribution < -0.4 is 10.8 Å². The molecule has 7 heteroatoms. The zero-order valence-electron chi connectivity index (χ0n) is 21.4. The number of fused-ring (bicyclic) bond motifs is 2. The monoisotopic (exact) mass is 495 g/mol. The minimum Gasteiger partial charge on any atom is -0.480 e. The highest BCUT2D eigenvalue weighted by Gasteiger charge is 2.51. The van der Waals surface area contributed by atoms with Gasteiger partial charge in [-0.1, -0.05) is 72.8 Å². The zero-order valence-corrected chi connectivity index (χ0v) is 21.4. The lowest BCUT2D eigenvalue weighted by Crippen LogP contribution is -2.42. The Hall–Kier alpha value is -3.68. The minimum atomic E-state index is -1.09. The fourth-order valence-corrected chi connectivity index (χ4v) is 4.71.